The zero-order valence-corrected chi connectivity index (χ0v) is 19.2. The highest BCUT2D eigenvalue weighted by molar-refractivity contribution is 14.0. The summed E-state index contributed by atoms with van der Waals surface area (Å²) in [7, 11) is 2.22. The summed E-state index contributed by atoms with van der Waals surface area (Å²) in [5.41, 5.74) is 1.34. The van der Waals surface area contributed by atoms with Crippen LogP contribution in [0.25, 0.3) is 0 Å². The topological polar surface area (TPSA) is 42.9 Å². The van der Waals surface area contributed by atoms with Crippen molar-refractivity contribution in [1.29, 1.82) is 0 Å². The van der Waals surface area contributed by atoms with Crippen LogP contribution in [0.5, 0.6) is 0 Å². The Morgan fingerprint density at radius 3 is 2.52 bits per heavy atom. The first-order chi connectivity index (χ1) is 12.7. The average Bonchev–Trinajstić information content (AvgIpc) is 2.68. The Morgan fingerprint density at radius 1 is 1.11 bits per heavy atom. The Bertz CT molecular complexity index is 557. The Morgan fingerprint density at radius 2 is 1.85 bits per heavy atom. The third-order valence-corrected chi connectivity index (χ3v) is 5.53. The molecule has 0 aliphatic carbocycles. The molecule has 0 radical (unpaired) electrons. The minimum Gasteiger partial charge on any atom is -0.371 e. The molecule has 5 nitrogen and oxygen atoms in total. The Kier molecular flexibility index (Phi) is 9.68. The van der Waals surface area contributed by atoms with Crippen molar-refractivity contribution in [1.82, 2.24) is 15.5 Å². The zero-order chi connectivity index (χ0) is 18.2. The van der Waals surface area contributed by atoms with Gasteiger partial charge in [0.2, 0.25) is 0 Å². The van der Waals surface area contributed by atoms with Crippen molar-refractivity contribution in [2.45, 2.75) is 38.6 Å². The lowest BCUT2D eigenvalue weighted by atomic mass is 9.99. The third-order valence-electron chi connectivity index (χ3n) is 5.53. The van der Waals surface area contributed by atoms with Gasteiger partial charge in [0.15, 0.2) is 5.96 Å². The molecule has 2 N–H and O–H groups in total. The number of para-hydroxylation sites is 1. The fraction of sp³-hybridized carbons (Fsp3) is 0.667. The molecule has 1 aromatic carbocycles. The first-order valence-electron chi connectivity index (χ1n) is 10.3. The molecule has 0 spiro atoms. The summed E-state index contributed by atoms with van der Waals surface area (Å²) in [5, 5.41) is 7.11. The van der Waals surface area contributed by atoms with Gasteiger partial charge in [-0.15, -0.1) is 24.0 Å². The van der Waals surface area contributed by atoms with E-state index in [1.807, 2.05) is 0 Å². The minimum absolute atomic E-state index is 0. The highest BCUT2D eigenvalue weighted by atomic mass is 127. The molecule has 27 heavy (non-hydrogen) atoms. The number of likely N-dealkylation sites (tertiary alicyclic amines) is 1. The summed E-state index contributed by atoms with van der Waals surface area (Å²) in [6.45, 7) is 8.62. The standard InChI is InChI=1S/C21H35N5.HI/c1-3-22-21(23-16-18-8-7-13-25(2)17-18)24-19-11-14-26(15-12-19)20-9-5-4-6-10-20;/h4-6,9-10,18-19H,3,7-8,11-17H2,1-2H3,(H2,22,23,24);1H. The summed E-state index contributed by atoms with van der Waals surface area (Å²) in [4.78, 5) is 9.82. The number of nitrogens with one attached hydrogen (secondary N) is 2. The molecular weight excluding hydrogens is 449 g/mol. The number of rotatable bonds is 5. The van der Waals surface area contributed by atoms with E-state index in [0.29, 0.717) is 12.0 Å². The molecule has 2 heterocycles. The first kappa shape index (κ1) is 22.3. The largest absolute Gasteiger partial charge is 0.371 e. The van der Waals surface area contributed by atoms with E-state index in [0.717, 1.165) is 45.0 Å². The maximum absolute atomic E-state index is 4.90. The lowest BCUT2D eigenvalue weighted by Crippen LogP contribution is -2.49. The van der Waals surface area contributed by atoms with Gasteiger partial charge in [-0.3, -0.25) is 4.99 Å². The Hall–Kier alpha value is -1.02. The van der Waals surface area contributed by atoms with E-state index in [-0.39, 0.29) is 24.0 Å². The van der Waals surface area contributed by atoms with Gasteiger partial charge in [0.05, 0.1) is 0 Å². The summed E-state index contributed by atoms with van der Waals surface area (Å²) in [6, 6.07) is 11.3. The molecule has 6 heteroatoms. The summed E-state index contributed by atoms with van der Waals surface area (Å²) >= 11 is 0. The van der Waals surface area contributed by atoms with Crippen LogP contribution in [0.3, 0.4) is 0 Å². The van der Waals surface area contributed by atoms with E-state index in [1.165, 1.54) is 31.6 Å². The van der Waals surface area contributed by atoms with Gasteiger partial charge >= 0.3 is 0 Å². The Labute approximate surface area is 182 Å². The van der Waals surface area contributed by atoms with E-state index < -0.39 is 0 Å². The van der Waals surface area contributed by atoms with Gasteiger partial charge < -0.3 is 20.4 Å². The van der Waals surface area contributed by atoms with Crippen LogP contribution in [0.1, 0.15) is 32.6 Å². The number of benzene rings is 1. The second kappa shape index (κ2) is 11.7. The highest BCUT2D eigenvalue weighted by Gasteiger charge is 2.21. The molecule has 1 atom stereocenters. The molecule has 2 saturated heterocycles. The van der Waals surface area contributed by atoms with E-state index in [2.05, 4.69) is 64.7 Å². The number of anilines is 1. The van der Waals surface area contributed by atoms with Gasteiger partial charge in [-0.25, -0.2) is 0 Å². The van der Waals surface area contributed by atoms with Crippen molar-refractivity contribution >= 4 is 35.6 Å². The molecule has 2 aliphatic rings. The molecule has 3 rings (SSSR count). The summed E-state index contributed by atoms with van der Waals surface area (Å²) < 4.78 is 0. The minimum atomic E-state index is 0. The number of piperidine rings is 2. The molecule has 0 amide bonds. The van der Waals surface area contributed by atoms with Crippen molar-refractivity contribution < 1.29 is 0 Å². The lowest BCUT2D eigenvalue weighted by molar-refractivity contribution is 0.214. The van der Waals surface area contributed by atoms with E-state index in [9.17, 15) is 0 Å². The molecule has 0 saturated carbocycles. The van der Waals surface area contributed by atoms with Crippen molar-refractivity contribution in [3.63, 3.8) is 0 Å². The Balaban J connectivity index is 0.00000261. The van der Waals surface area contributed by atoms with Crippen molar-refractivity contribution in [2.75, 3.05) is 51.2 Å². The van der Waals surface area contributed by atoms with Gasteiger partial charge in [0.25, 0.3) is 0 Å². The maximum atomic E-state index is 4.90. The van der Waals surface area contributed by atoms with Crippen LogP contribution in [0.4, 0.5) is 5.69 Å². The van der Waals surface area contributed by atoms with Crippen LogP contribution in [-0.4, -0.2) is 63.2 Å². The van der Waals surface area contributed by atoms with Crippen LogP contribution in [0, 0.1) is 5.92 Å². The maximum Gasteiger partial charge on any atom is 0.191 e. The summed E-state index contributed by atoms with van der Waals surface area (Å²) in [6.07, 6.45) is 4.93. The van der Waals surface area contributed by atoms with Crippen LogP contribution >= 0.6 is 24.0 Å². The number of hydrogen-bond donors (Lipinski definition) is 2. The van der Waals surface area contributed by atoms with Gasteiger partial charge in [0.1, 0.15) is 0 Å². The van der Waals surface area contributed by atoms with E-state index in [4.69, 9.17) is 4.99 Å². The van der Waals surface area contributed by atoms with Gasteiger partial charge in [-0.05, 0) is 64.3 Å². The number of halogens is 1. The number of hydrogen-bond acceptors (Lipinski definition) is 3. The number of guanidine groups is 1. The van der Waals surface area contributed by atoms with Gasteiger partial charge in [0, 0.05) is 44.5 Å². The molecule has 0 aromatic heterocycles. The second-order valence-corrected chi connectivity index (χ2v) is 7.73. The number of nitrogens with zero attached hydrogens (tertiary/aromatic N) is 3. The first-order valence-corrected chi connectivity index (χ1v) is 10.3. The molecule has 152 valence electrons. The predicted molar refractivity (Wildman–Crippen MR) is 126 cm³/mol. The third kappa shape index (κ3) is 7.14. The van der Waals surface area contributed by atoms with Crippen LogP contribution in [0.2, 0.25) is 0 Å². The molecule has 2 fully saturated rings. The van der Waals surface area contributed by atoms with Gasteiger partial charge in [-0.2, -0.15) is 0 Å². The SMILES string of the molecule is CCNC(=NCC1CCCN(C)C1)NC1CCN(c2ccccc2)CC1.I. The quantitative estimate of drug-likeness (QED) is 0.382. The molecular formula is C21H36IN5. The van der Waals surface area contributed by atoms with E-state index >= 15 is 0 Å². The smallest absolute Gasteiger partial charge is 0.191 e. The molecule has 0 bridgehead atoms. The normalized spacial score (nSPS) is 22.2. The van der Waals surface area contributed by atoms with Crippen LogP contribution in [0.15, 0.2) is 35.3 Å². The number of aliphatic imine (C=N–C) groups is 1. The monoisotopic (exact) mass is 485 g/mol. The molecule has 2 aliphatic heterocycles. The van der Waals surface area contributed by atoms with E-state index in [1.54, 1.807) is 0 Å². The predicted octanol–water partition coefficient (Wildman–Crippen LogP) is 3.17. The average molecular weight is 485 g/mol. The highest BCUT2D eigenvalue weighted by Crippen LogP contribution is 2.19. The summed E-state index contributed by atoms with van der Waals surface area (Å²) in [5.74, 6) is 1.70. The molecule has 1 unspecified atom stereocenters. The van der Waals surface area contributed by atoms with Crippen molar-refractivity contribution in [2.24, 2.45) is 10.9 Å². The van der Waals surface area contributed by atoms with Crippen molar-refractivity contribution in [3.05, 3.63) is 30.3 Å². The van der Waals surface area contributed by atoms with Gasteiger partial charge in [-0.1, -0.05) is 18.2 Å². The fourth-order valence-corrected chi connectivity index (χ4v) is 4.08. The zero-order valence-electron chi connectivity index (χ0n) is 16.9. The fourth-order valence-electron chi connectivity index (χ4n) is 4.08. The van der Waals surface area contributed by atoms with Crippen molar-refractivity contribution in [3.8, 4) is 0 Å². The van der Waals surface area contributed by atoms with Crippen LogP contribution < -0.4 is 15.5 Å². The molecule has 1 aromatic rings. The van der Waals surface area contributed by atoms with Crippen LogP contribution in [-0.2, 0) is 0 Å². The lowest BCUT2D eigenvalue weighted by Gasteiger charge is -2.34. The second-order valence-electron chi connectivity index (χ2n) is 7.73.